The van der Waals surface area contributed by atoms with Crippen molar-refractivity contribution in [1.82, 2.24) is 4.90 Å². The van der Waals surface area contributed by atoms with Crippen LogP contribution in [0.1, 0.15) is 13.3 Å². The van der Waals surface area contributed by atoms with Gasteiger partial charge in [-0.2, -0.15) is 0 Å². The number of nitrogens with one attached hydrogen (secondary N) is 2. The van der Waals surface area contributed by atoms with Crippen molar-refractivity contribution in [2.75, 3.05) is 50.6 Å². The molecular formula is C22H27N3O5. The lowest BCUT2D eigenvalue weighted by molar-refractivity contribution is -0.119. The summed E-state index contributed by atoms with van der Waals surface area (Å²) < 4.78 is 16.4. The van der Waals surface area contributed by atoms with Gasteiger partial charge >= 0.3 is 0 Å². The topological polar surface area (TPSA) is 89.1 Å². The van der Waals surface area contributed by atoms with Crippen LogP contribution in [0.4, 0.5) is 11.4 Å². The number of hydrogen-bond donors (Lipinski definition) is 2. The van der Waals surface area contributed by atoms with Crippen molar-refractivity contribution in [3.8, 4) is 17.2 Å². The number of rotatable bonds is 8. The Bertz CT molecular complexity index is 887. The van der Waals surface area contributed by atoms with Gasteiger partial charge in [-0.25, -0.2) is 0 Å². The Kier molecular flexibility index (Phi) is 7.51. The largest absolute Gasteiger partial charge is 0.497 e. The molecule has 30 heavy (non-hydrogen) atoms. The Hall–Kier alpha value is -3.26. The molecule has 0 fully saturated rings. The molecule has 2 amide bonds. The Morgan fingerprint density at radius 2 is 1.63 bits per heavy atom. The Morgan fingerprint density at radius 1 is 0.967 bits per heavy atom. The number of carbonyl (C=O) groups is 2. The first-order chi connectivity index (χ1) is 14.6. The summed E-state index contributed by atoms with van der Waals surface area (Å²) in [6.45, 7) is 3.84. The van der Waals surface area contributed by atoms with Crippen molar-refractivity contribution in [1.29, 1.82) is 0 Å². The van der Waals surface area contributed by atoms with Gasteiger partial charge in [0.1, 0.15) is 5.75 Å². The highest BCUT2D eigenvalue weighted by Gasteiger charge is 2.15. The van der Waals surface area contributed by atoms with Crippen molar-refractivity contribution < 1.29 is 23.8 Å². The van der Waals surface area contributed by atoms with Crippen LogP contribution < -0.4 is 24.8 Å². The molecule has 8 nitrogen and oxygen atoms in total. The molecule has 1 aliphatic heterocycles. The number of likely N-dealkylation sites (N-methyl/N-ethyl adjacent to an activating group) is 1. The van der Waals surface area contributed by atoms with Crippen LogP contribution in [-0.2, 0) is 9.59 Å². The summed E-state index contributed by atoms with van der Waals surface area (Å²) in [4.78, 5) is 26.6. The van der Waals surface area contributed by atoms with Gasteiger partial charge in [-0.3, -0.25) is 14.5 Å². The maximum atomic E-state index is 12.5. The Balaban J connectivity index is 1.52. The van der Waals surface area contributed by atoms with Gasteiger partial charge in [0.2, 0.25) is 11.8 Å². The average Bonchev–Trinajstić information content (AvgIpc) is 2.98. The number of nitrogens with zero attached hydrogens (tertiary/aromatic N) is 1. The maximum absolute atomic E-state index is 12.5. The molecule has 0 unspecified atom stereocenters. The SMILES string of the molecule is CCN(CC(=O)Nc1cccc(OC)c1)CC(=O)Nc1ccc2c(c1)OCCCO2. The second-order valence-electron chi connectivity index (χ2n) is 6.84. The van der Waals surface area contributed by atoms with Crippen molar-refractivity contribution in [2.24, 2.45) is 0 Å². The molecule has 8 heteroatoms. The van der Waals surface area contributed by atoms with Crippen molar-refractivity contribution in [3.05, 3.63) is 42.5 Å². The van der Waals surface area contributed by atoms with E-state index in [0.29, 0.717) is 48.4 Å². The monoisotopic (exact) mass is 413 g/mol. The highest BCUT2D eigenvalue weighted by molar-refractivity contribution is 5.95. The summed E-state index contributed by atoms with van der Waals surface area (Å²) >= 11 is 0. The number of methoxy groups -OCH3 is 1. The molecule has 2 aromatic carbocycles. The molecule has 0 radical (unpaired) electrons. The van der Waals surface area contributed by atoms with E-state index in [9.17, 15) is 9.59 Å². The van der Waals surface area contributed by atoms with Gasteiger partial charge in [-0.05, 0) is 30.8 Å². The molecule has 3 rings (SSSR count). The van der Waals surface area contributed by atoms with Crippen LogP contribution in [0, 0.1) is 0 Å². The molecule has 0 aliphatic carbocycles. The summed E-state index contributed by atoms with van der Waals surface area (Å²) in [6.07, 6.45) is 0.819. The summed E-state index contributed by atoms with van der Waals surface area (Å²) in [5, 5.41) is 5.67. The number of fused-ring (bicyclic) bond motifs is 1. The van der Waals surface area contributed by atoms with Gasteiger partial charge in [0.25, 0.3) is 0 Å². The first-order valence-corrected chi connectivity index (χ1v) is 9.93. The minimum atomic E-state index is -0.208. The molecule has 2 aromatic rings. The molecule has 160 valence electrons. The molecule has 0 aromatic heterocycles. The van der Waals surface area contributed by atoms with Gasteiger partial charge in [0, 0.05) is 29.9 Å². The Labute approximate surface area is 176 Å². The van der Waals surface area contributed by atoms with Crippen LogP contribution in [0.5, 0.6) is 17.2 Å². The standard InChI is InChI=1S/C22H27N3O5/c1-3-25(14-21(26)23-16-6-4-7-18(12-16)28-2)15-22(27)24-17-8-9-19-20(13-17)30-11-5-10-29-19/h4,6-9,12-13H,3,5,10-11,14-15H2,1-2H3,(H,23,26)(H,24,27). The molecule has 0 spiro atoms. The van der Waals surface area contributed by atoms with E-state index >= 15 is 0 Å². The van der Waals surface area contributed by atoms with E-state index in [2.05, 4.69) is 10.6 Å². The maximum Gasteiger partial charge on any atom is 0.238 e. The van der Waals surface area contributed by atoms with Crippen molar-refractivity contribution in [3.63, 3.8) is 0 Å². The highest BCUT2D eigenvalue weighted by atomic mass is 16.5. The van der Waals surface area contributed by atoms with Gasteiger partial charge in [-0.1, -0.05) is 13.0 Å². The van der Waals surface area contributed by atoms with Gasteiger partial charge in [0.15, 0.2) is 11.5 Å². The predicted octanol–water partition coefficient (Wildman–Crippen LogP) is 2.76. The van der Waals surface area contributed by atoms with Crippen LogP contribution in [0.15, 0.2) is 42.5 Å². The third kappa shape index (κ3) is 6.12. The van der Waals surface area contributed by atoms with Crippen LogP contribution in [-0.4, -0.2) is 56.7 Å². The fraction of sp³-hybridized carbons (Fsp3) is 0.364. The lowest BCUT2D eigenvalue weighted by atomic mass is 10.2. The summed E-state index contributed by atoms with van der Waals surface area (Å²) in [6, 6.07) is 12.4. The number of ether oxygens (including phenoxy) is 3. The lowest BCUT2D eigenvalue weighted by Gasteiger charge is -2.19. The summed E-state index contributed by atoms with van der Waals surface area (Å²) in [5.74, 6) is 1.55. The van der Waals surface area contributed by atoms with Crippen LogP contribution in [0.2, 0.25) is 0 Å². The van der Waals surface area contributed by atoms with E-state index in [1.165, 1.54) is 0 Å². The van der Waals surface area contributed by atoms with Gasteiger partial charge in [0.05, 0.1) is 33.4 Å². The fourth-order valence-corrected chi connectivity index (χ4v) is 3.03. The van der Waals surface area contributed by atoms with Gasteiger partial charge < -0.3 is 24.8 Å². The molecule has 1 aliphatic rings. The zero-order chi connectivity index (χ0) is 21.3. The highest BCUT2D eigenvalue weighted by Crippen LogP contribution is 2.32. The van der Waals surface area contributed by atoms with E-state index in [1.807, 2.05) is 6.92 Å². The third-order valence-electron chi connectivity index (χ3n) is 4.57. The number of hydrogen-bond acceptors (Lipinski definition) is 6. The zero-order valence-electron chi connectivity index (χ0n) is 17.3. The Morgan fingerprint density at radius 3 is 2.30 bits per heavy atom. The second-order valence-corrected chi connectivity index (χ2v) is 6.84. The minimum absolute atomic E-state index is 0.0937. The quantitative estimate of drug-likeness (QED) is 0.692. The van der Waals surface area contributed by atoms with Crippen molar-refractivity contribution >= 4 is 23.2 Å². The number of benzene rings is 2. The van der Waals surface area contributed by atoms with E-state index in [4.69, 9.17) is 14.2 Å². The van der Waals surface area contributed by atoms with E-state index < -0.39 is 0 Å². The normalized spacial score (nSPS) is 12.8. The fourth-order valence-electron chi connectivity index (χ4n) is 3.03. The molecule has 2 N–H and O–H groups in total. The van der Waals surface area contributed by atoms with E-state index in [1.54, 1.807) is 54.5 Å². The molecule has 0 bridgehead atoms. The van der Waals surface area contributed by atoms with Crippen LogP contribution in [0.25, 0.3) is 0 Å². The molecular weight excluding hydrogens is 386 g/mol. The molecule has 0 atom stereocenters. The summed E-state index contributed by atoms with van der Waals surface area (Å²) in [5.41, 5.74) is 1.27. The number of carbonyl (C=O) groups excluding carboxylic acids is 2. The first-order valence-electron chi connectivity index (χ1n) is 9.93. The second kappa shape index (κ2) is 10.5. The number of amides is 2. The van der Waals surface area contributed by atoms with Crippen LogP contribution >= 0.6 is 0 Å². The zero-order valence-corrected chi connectivity index (χ0v) is 17.3. The van der Waals surface area contributed by atoms with Gasteiger partial charge in [-0.15, -0.1) is 0 Å². The van der Waals surface area contributed by atoms with E-state index in [0.717, 1.165) is 6.42 Å². The molecule has 0 saturated carbocycles. The average molecular weight is 413 g/mol. The third-order valence-corrected chi connectivity index (χ3v) is 4.57. The van der Waals surface area contributed by atoms with Crippen LogP contribution in [0.3, 0.4) is 0 Å². The lowest BCUT2D eigenvalue weighted by Crippen LogP contribution is -2.38. The number of anilines is 2. The smallest absolute Gasteiger partial charge is 0.238 e. The molecule has 0 saturated heterocycles. The molecule has 1 heterocycles. The van der Waals surface area contributed by atoms with Crippen molar-refractivity contribution in [2.45, 2.75) is 13.3 Å². The minimum Gasteiger partial charge on any atom is -0.497 e. The predicted molar refractivity (Wildman–Crippen MR) is 114 cm³/mol. The first kappa shape index (κ1) is 21.4. The summed E-state index contributed by atoms with van der Waals surface area (Å²) in [7, 11) is 1.57. The van der Waals surface area contributed by atoms with E-state index in [-0.39, 0.29) is 24.9 Å².